The minimum atomic E-state index is -3.61. The number of ether oxygens (including phenoxy) is 1. The van der Waals surface area contributed by atoms with E-state index < -0.39 is 10.0 Å². The average molecular weight is 338 g/mol. The molecule has 1 aliphatic heterocycles. The molecule has 1 aromatic rings. The average Bonchev–Trinajstić information content (AvgIpc) is 2.47. The molecule has 1 unspecified atom stereocenters. The van der Waals surface area contributed by atoms with Crippen molar-refractivity contribution in [1.82, 2.24) is 4.31 Å². The van der Waals surface area contributed by atoms with E-state index in [0.29, 0.717) is 19.7 Å². The van der Waals surface area contributed by atoms with Crippen molar-refractivity contribution in [2.75, 3.05) is 19.7 Å². The molecule has 0 aromatic heterocycles. The molecule has 20 heavy (non-hydrogen) atoms. The molecule has 1 fully saturated rings. The molecule has 7 heteroatoms. The molecule has 1 saturated heterocycles. The van der Waals surface area contributed by atoms with Gasteiger partial charge in [0.15, 0.2) is 0 Å². The lowest BCUT2D eigenvalue weighted by Crippen LogP contribution is -2.45. The summed E-state index contributed by atoms with van der Waals surface area (Å²) < 4.78 is 32.3. The highest BCUT2D eigenvalue weighted by atomic mass is 35.5. The summed E-state index contributed by atoms with van der Waals surface area (Å²) in [4.78, 5) is 0.120. The number of hydrogen-bond acceptors (Lipinski definition) is 3. The fourth-order valence-corrected chi connectivity index (χ4v) is 4.27. The molecule has 1 atom stereocenters. The summed E-state index contributed by atoms with van der Waals surface area (Å²) in [6.07, 6.45) is 0.718. The van der Waals surface area contributed by atoms with Crippen molar-refractivity contribution in [3.05, 3.63) is 28.8 Å². The maximum Gasteiger partial charge on any atom is 0.244 e. The van der Waals surface area contributed by atoms with Crippen LogP contribution in [0.25, 0.3) is 0 Å². The van der Waals surface area contributed by atoms with Gasteiger partial charge in [0.25, 0.3) is 0 Å². The van der Waals surface area contributed by atoms with Gasteiger partial charge in [-0.2, -0.15) is 4.31 Å². The van der Waals surface area contributed by atoms with E-state index in [2.05, 4.69) is 0 Å². The second kappa shape index (κ2) is 6.62. The Hall–Kier alpha value is -0.330. The Kier molecular flexibility index (Phi) is 5.31. The molecule has 4 nitrogen and oxygen atoms in total. The van der Waals surface area contributed by atoms with Gasteiger partial charge < -0.3 is 4.74 Å². The third-order valence-corrected chi connectivity index (χ3v) is 5.98. The number of alkyl halides is 1. The number of rotatable bonds is 4. The van der Waals surface area contributed by atoms with Crippen molar-refractivity contribution in [3.63, 3.8) is 0 Å². The van der Waals surface area contributed by atoms with Gasteiger partial charge in [0.2, 0.25) is 10.0 Å². The summed E-state index contributed by atoms with van der Waals surface area (Å²) in [5.41, 5.74) is 0.731. The molecule has 0 amide bonds. The number of halogens is 2. The second-order valence-electron chi connectivity index (χ2n) is 4.66. The Labute approximate surface area is 129 Å². The van der Waals surface area contributed by atoms with Crippen molar-refractivity contribution in [2.45, 2.75) is 30.2 Å². The van der Waals surface area contributed by atoms with Crippen molar-refractivity contribution >= 4 is 33.2 Å². The quantitative estimate of drug-likeness (QED) is 0.793. The summed E-state index contributed by atoms with van der Waals surface area (Å²) in [6, 6.07) is 4.84. The lowest BCUT2D eigenvalue weighted by Gasteiger charge is -2.31. The third-order valence-electron chi connectivity index (χ3n) is 3.32. The van der Waals surface area contributed by atoms with Gasteiger partial charge in [-0.05, 0) is 24.1 Å². The largest absolute Gasteiger partial charge is 0.375 e. The Morgan fingerprint density at radius 1 is 1.45 bits per heavy atom. The van der Waals surface area contributed by atoms with Gasteiger partial charge in [-0.15, -0.1) is 11.6 Å². The van der Waals surface area contributed by atoms with Crippen LogP contribution in [-0.4, -0.2) is 38.5 Å². The molecular formula is C13H17Cl2NO3S. The molecule has 0 spiro atoms. The number of sulfonamides is 1. The molecule has 112 valence electrons. The van der Waals surface area contributed by atoms with E-state index in [-0.39, 0.29) is 21.9 Å². The fourth-order valence-electron chi connectivity index (χ4n) is 2.13. The standard InChI is InChI=1S/C13H17Cl2NO3S/c1-2-11-9-16(5-6-19-11)20(17,18)13-7-10(8-14)3-4-12(13)15/h3-4,7,11H,2,5-6,8-9H2,1H3. The van der Waals surface area contributed by atoms with Crippen LogP contribution in [0.3, 0.4) is 0 Å². The van der Waals surface area contributed by atoms with Gasteiger partial charge in [-0.25, -0.2) is 8.42 Å². The molecule has 0 N–H and O–H groups in total. The molecule has 0 radical (unpaired) electrons. The van der Waals surface area contributed by atoms with Crippen LogP contribution in [0.1, 0.15) is 18.9 Å². The van der Waals surface area contributed by atoms with Gasteiger partial charge >= 0.3 is 0 Å². The molecule has 1 heterocycles. The monoisotopic (exact) mass is 337 g/mol. The lowest BCUT2D eigenvalue weighted by molar-refractivity contribution is -0.00277. The van der Waals surface area contributed by atoms with E-state index in [0.717, 1.165) is 12.0 Å². The highest BCUT2D eigenvalue weighted by molar-refractivity contribution is 7.89. The van der Waals surface area contributed by atoms with Crippen molar-refractivity contribution in [1.29, 1.82) is 0 Å². The first-order chi connectivity index (χ1) is 9.48. The second-order valence-corrected chi connectivity index (χ2v) is 7.24. The topological polar surface area (TPSA) is 46.6 Å². The number of benzene rings is 1. The first-order valence-corrected chi connectivity index (χ1v) is 8.80. The van der Waals surface area contributed by atoms with E-state index in [4.69, 9.17) is 27.9 Å². The molecule has 0 aliphatic carbocycles. The van der Waals surface area contributed by atoms with Crippen LogP contribution in [-0.2, 0) is 20.6 Å². The van der Waals surface area contributed by atoms with E-state index in [1.807, 2.05) is 6.92 Å². The van der Waals surface area contributed by atoms with Gasteiger partial charge in [-0.3, -0.25) is 0 Å². The van der Waals surface area contributed by atoms with E-state index >= 15 is 0 Å². The smallest absolute Gasteiger partial charge is 0.244 e. The molecule has 2 rings (SSSR count). The maximum absolute atomic E-state index is 12.7. The minimum absolute atomic E-state index is 0.0616. The molecular weight excluding hydrogens is 321 g/mol. The normalized spacial score (nSPS) is 21.1. The summed E-state index contributed by atoms with van der Waals surface area (Å²) in [6.45, 7) is 3.09. The fraction of sp³-hybridized carbons (Fsp3) is 0.538. The van der Waals surface area contributed by atoms with Crippen LogP contribution in [0.5, 0.6) is 0 Å². The zero-order valence-corrected chi connectivity index (χ0v) is 13.5. The Bertz CT molecular complexity index is 577. The van der Waals surface area contributed by atoms with Gasteiger partial charge in [0.1, 0.15) is 4.90 Å². The number of nitrogens with zero attached hydrogens (tertiary/aromatic N) is 1. The van der Waals surface area contributed by atoms with Gasteiger partial charge in [0.05, 0.1) is 17.7 Å². The van der Waals surface area contributed by atoms with Crippen molar-refractivity contribution in [3.8, 4) is 0 Å². The number of hydrogen-bond donors (Lipinski definition) is 0. The van der Waals surface area contributed by atoms with E-state index in [9.17, 15) is 8.42 Å². The Morgan fingerprint density at radius 3 is 2.85 bits per heavy atom. The van der Waals surface area contributed by atoms with Crippen LogP contribution in [0.4, 0.5) is 0 Å². The predicted molar refractivity (Wildman–Crippen MR) is 79.8 cm³/mol. The summed E-state index contributed by atoms with van der Waals surface area (Å²) in [5, 5.41) is 0.221. The highest BCUT2D eigenvalue weighted by Gasteiger charge is 2.31. The molecule has 0 bridgehead atoms. The minimum Gasteiger partial charge on any atom is -0.375 e. The summed E-state index contributed by atoms with van der Waals surface area (Å²) >= 11 is 11.8. The SMILES string of the molecule is CCC1CN(S(=O)(=O)c2cc(CCl)ccc2Cl)CCO1. The van der Waals surface area contributed by atoms with Gasteiger partial charge in [-0.1, -0.05) is 24.6 Å². The highest BCUT2D eigenvalue weighted by Crippen LogP contribution is 2.27. The van der Waals surface area contributed by atoms with Crippen LogP contribution < -0.4 is 0 Å². The molecule has 0 saturated carbocycles. The molecule has 1 aliphatic rings. The van der Waals surface area contributed by atoms with Crippen LogP contribution in [0, 0.1) is 0 Å². The number of morpholine rings is 1. The van der Waals surface area contributed by atoms with E-state index in [1.165, 1.54) is 4.31 Å². The Balaban J connectivity index is 2.34. The zero-order chi connectivity index (χ0) is 14.8. The summed E-state index contributed by atoms with van der Waals surface area (Å²) in [5.74, 6) is 0.250. The lowest BCUT2D eigenvalue weighted by atomic mass is 10.2. The van der Waals surface area contributed by atoms with Gasteiger partial charge in [0, 0.05) is 19.0 Å². The Morgan fingerprint density at radius 2 is 2.20 bits per heavy atom. The maximum atomic E-state index is 12.7. The first-order valence-electron chi connectivity index (χ1n) is 6.45. The van der Waals surface area contributed by atoms with Crippen molar-refractivity contribution < 1.29 is 13.2 Å². The van der Waals surface area contributed by atoms with Crippen LogP contribution >= 0.6 is 23.2 Å². The van der Waals surface area contributed by atoms with Crippen LogP contribution in [0.15, 0.2) is 23.1 Å². The summed E-state index contributed by atoms with van der Waals surface area (Å²) in [7, 11) is -3.61. The third kappa shape index (κ3) is 3.28. The van der Waals surface area contributed by atoms with Crippen LogP contribution in [0.2, 0.25) is 5.02 Å². The van der Waals surface area contributed by atoms with E-state index in [1.54, 1.807) is 18.2 Å². The molecule has 1 aromatic carbocycles. The van der Waals surface area contributed by atoms with Crippen molar-refractivity contribution in [2.24, 2.45) is 0 Å². The predicted octanol–water partition coefficient (Wildman–Crippen LogP) is 2.88. The first kappa shape index (κ1) is 16.0. The zero-order valence-electron chi connectivity index (χ0n) is 11.2.